The minimum Gasteiger partial charge on any atom is -0.468 e. The van der Waals surface area contributed by atoms with Crippen LogP contribution in [-0.2, 0) is 21.8 Å². The van der Waals surface area contributed by atoms with Gasteiger partial charge in [0.2, 0.25) is 5.16 Å². The number of thioether (sulfide) groups is 1. The Morgan fingerprint density at radius 3 is 3.11 bits per heavy atom. The summed E-state index contributed by atoms with van der Waals surface area (Å²) in [5.41, 5.74) is 2.09. The number of methoxy groups -OCH3 is 1. The number of aryl methyl sites for hydroxylation is 1. The second-order valence-electron chi connectivity index (χ2n) is 3.75. The highest BCUT2D eigenvalue weighted by atomic mass is 32.2. The number of nitrogens with zero attached hydrogens (tertiary/aromatic N) is 5. The Labute approximate surface area is 114 Å². The topological polar surface area (TPSA) is 82.8 Å². The Morgan fingerprint density at radius 2 is 2.37 bits per heavy atom. The largest absolute Gasteiger partial charge is 0.468 e. The van der Waals surface area contributed by atoms with E-state index in [1.165, 1.54) is 23.6 Å². The van der Waals surface area contributed by atoms with Crippen molar-refractivity contribution in [3.8, 4) is 0 Å². The number of esters is 1. The van der Waals surface area contributed by atoms with Crippen LogP contribution >= 0.6 is 11.8 Å². The predicted molar refractivity (Wildman–Crippen MR) is 68.4 cm³/mol. The third-order valence-electron chi connectivity index (χ3n) is 2.46. The molecule has 0 spiro atoms. The van der Waals surface area contributed by atoms with E-state index in [0.717, 1.165) is 11.3 Å². The smallest absolute Gasteiger partial charge is 0.327 e. The summed E-state index contributed by atoms with van der Waals surface area (Å²) >= 11 is 1.43. The van der Waals surface area contributed by atoms with Crippen molar-refractivity contribution in [1.29, 1.82) is 0 Å². The second kappa shape index (κ2) is 6.28. The van der Waals surface area contributed by atoms with Crippen LogP contribution in [0.15, 0.2) is 23.5 Å². The second-order valence-corrected chi connectivity index (χ2v) is 4.69. The van der Waals surface area contributed by atoms with Crippen molar-refractivity contribution in [2.45, 2.75) is 24.4 Å². The lowest BCUT2D eigenvalue weighted by Crippen LogP contribution is -2.13. The van der Waals surface area contributed by atoms with Crippen LogP contribution in [0, 0.1) is 6.92 Å². The van der Waals surface area contributed by atoms with Gasteiger partial charge in [-0.2, -0.15) is 0 Å². The molecule has 2 rings (SSSR count). The average molecular weight is 279 g/mol. The fraction of sp³-hybridized carbons (Fsp3) is 0.364. The van der Waals surface area contributed by atoms with Gasteiger partial charge in [-0.15, -0.1) is 5.10 Å². The molecule has 0 fully saturated rings. The van der Waals surface area contributed by atoms with Gasteiger partial charge in [-0.1, -0.05) is 17.8 Å². The van der Waals surface area contributed by atoms with E-state index >= 15 is 0 Å². The van der Waals surface area contributed by atoms with Crippen LogP contribution in [0.4, 0.5) is 0 Å². The molecule has 2 heterocycles. The molecule has 0 aliphatic heterocycles. The molecule has 0 unspecified atom stereocenters. The Morgan fingerprint density at radius 1 is 1.53 bits per heavy atom. The summed E-state index contributed by atoms with van der Waals surface area (Å²) in [6.45, 7) is 2.01. The molecule has 0 N–H and O–H groups in total. The van der Waals surface area contributed by atoms with Crippen molar-refractivity contribution in [2.24, 2.45) is 0 Å². The standard InChI is InChI=1S/C11H13N5O2S/c1-8-4-3-5-12-9(8)7-19-11-13-14-15-16(11)6-10(17)18-2/h3-5H,6-7H2,1-2H3. The first-order valence-corrected chi connectivity index (χ1v) is 6.55. The average Bonchev–Trinajstić information content (AvgIpc) is 2.85. The summed E-state index contributed by atoms with van der Waals surface area (Å²) in [5.74, 6) is 0.261. The van der Waals surface area contributed by atoms with Crippen molar-refractivity contribution in [3.05, 3.63) is 29.6 Å². The van der Waals surface area contributed by atoms with Gasteiger partial charge in [0.25, 0.3) is 0 Å². The van der Waals surface area contributed by atoms with Crippen LogP contribution in [0.25, 0.3) is 0 Å². The van der Waals surface area contributed by atoms with E-state index in [0.29, 0.717) is 10.9 Å². The Balaban J connectivity index is 2.02. The summed E-state index contributed by atoms with van der Waals surface area (Å²) in [4.78, 5) is 15.5. The molecule has 19 heavy (non-hydrogen) atoms. The minimum atomic E-state index is -0.386. The van der Waals surface area contributed by atoms with E-state index in [1.54, 1.807) is 6.20 Å². The van der Waals surface area contributed by atoms with Gasteiger partial charge in [0.15, 0.2) is 0 Å². The Bertz CT molecular complexity index is 572. The van der Waals surface area contributed by atoms with Gasteiger partial charge in [-0.05, 0) is 29.0 Å². The molecule has 2 aromatic heterocycles. The van der Waals surface area contributed by atoms with Crippen molar-refractivity contribution in [2.75, 3.05) is 7.11 Å². The fourth-order valence-corrected chi connectivity index (χ4v) is 2.30. The molecule has 100 valence electrons. The molecule has 0 radical (unpaired) electrons. The molecule has 0 bridgehead atoms. The fourth-order valence-electron chi connectivity index (χ4n) is 1.39. The van der Waals surface area contributed by atoms with Crippen molar-refractivity contribution >= 4 is 17.7 Å². The van der Waals surface area contributed by atoms with E-state index in [1.807, 2.05) is 19.1 Å². The third kappa shape index (κ3) is 3.50. The monoisotopic (exact) mass is 279 g/mol. The van der Waals surface area contributed by atoms with Gasteiger partial charge in [-0.3, -0.25) is 9.78 Å². The van der Waals surface area contributed by atoms with E-state index in [-0.39, 0.29) is 12.5 Å². The maximum Gasteiger partial charge on any atom is 0.327 e. The van der Waals surface area contributed by atoms with E-state index < -0.39 is 0 Å². The van der Waals surface area contributed by atoms with Gasteiger partial charge < -0.3 is 4.74 Å². The molecule has 0 aliphatic rings. The highest BCUT2D eigenvalue weighted by Gasteiger charge is 2.12. The highest BCUT2D eigenvalue weighted by Crippen LogP contribution is 2.20. The van der Waals surface area contributed by atoms with Crippen LogP contribution < -0.4 is 0 Å². The number of hydrogen-bond donors (Lipinski definition) is 0. The first-order chi connectivity index (χ1) is 9.20. The SMILES string of the molecule is COC(=O)Cn1nnnc1SCc1ncccc1C. The van der Waals surface area contributed by atoms with Crippen LogP contribution in [0.1, 0.15) is 11.3 Å². The van der Waals surface area contributed by atoms with Gasteiger partial charge in [0.1, 0.15) is 6.54 Å². The van der Waals surface area contributed by atoms with E-state index in [4.69, 9.17) is 0 Å². The number of pyridine rings is 1. The molecule has 0 saturated heterocycles. The van der Waals surface area contributed by atoms with E-state index in [2.05, 4.69) is 25.2 Å². The minimum absolute atomic E-state index is 0.00698. The summed E-state index contributed by atoms with van der Waals surface area (Å²) in [6.07, 6.45) is 1.75. The Kier molecular flexibility index (Phi) is 4.45. The number of tetrazole rings is 1. The van der Waals surface area contributed by atoms with Gasteiger partial charge in [-0.25, -0.2) is 4.68 Å². The number of aromatic nitrogens is 5. The molecular weight excluding hydrogens is 266 g/mol. The van der Waals surface area contributed by atoms with Crippen LogP contribution in [0.3, 0.4) is 0 Å². The lowest BCUT2D eigenvalue weighted by atomic mass is 10.2. The number of rotatable bonds is 5. The lowest BCUT2D eigenvalue weighted by Gasteiger charge is -2.04. The normalized spacial score (nSPS) is 10.4. The van der Waals surface area contributed by atoms with Crippen LogP contribution in [-0.4, -0.2) is 38.3 Å². The van der Waals surface area contributed by atoms with Crippen LogP contribution in [0.2, 0.25) is 0 Å². The molecule has 0 aliphatic carbocycles. The molecular formula is C11H13N5O2S. The number of carbonyl (C=O) groups excluding carboxylic acids is 1. The molecule has 2 aromatic rings. The highest BCUT2D eigenvalue weighted by molar-refractivity contribution is 7.98. The third-order valence-corrected chi connectivity index (χ3v) is 3.43. The van der Waals surface area contributed by atoms with Gasteiger partial charge >= 0.3 is 5.97 Å². The van der Waals surface area contributed by atoms with Gasteiger partial charge in [0.05, 0.1) is 12.8 Å². The zero-order valence-electron chi connectivity index (χ0n) is 10.6. The molecule has 0 atom stereocenters. The first-order valence-electron chi connectivity index (χ1n) is 5.57. The number of ether oxygens (including phenoxy) is 1. The van der Waals surface area contributed by atoms with Crippen molar-refractivity contribution in [1.82, 2.24) is 25.2 Å². The molecule has 0 amide bonds. The summed E-state index contributed by atoms with van der Waals surface area (Å²) in [5, 5.41) is 11.8. The lowest BCUT2D eigenvalue weighted by molar-refractivity contribution is -0.141. The quantitative estimate of drug-likeness (QED) is 0.592. The van der Waals surface area contributed by atoms with E-state index in [9.17, 15) is 4.79 Å². The van der Waals surface area contributed by atoms with Gasteiger partial charge in [0, 0.05) is 11.9 Å². The van der Waals surface area contributed by atoms with Crippen molar-refractivity contribution < 1.29 is 9.53 Å². The predicted octanol–water partition coefficient (Wildman–Crippen LogP) is 0.842. The van der Waals surface area contributed by atoms with Crippen LogP contribution in [0.5, 0.6) is 0 Å². The zero-order chi connectivity index (χ0) is 13.7. The maximum absolute atomic E-state index is 11.2. The molecule has 7 nitrogen and oxygen atoms in total. The number of hydrogen-bond acceptors (Lipinski definition) is 7. The molecule has 0 saturated carbocycles. The summed E-state index contributed by atoms with van der Waals surface area (Å²) in [7, 11) is 1.33. The summed E-state index contributed by atoms with van der Waals surface area (Å²) in [6, 6.07) is 3.89. The first kappa shape index (κ1) is 13.5. The molecule has 0 aromatic carbocycles. The van der Waals surface area contributed by atoms with Crippen molar-refractivity contribution in [3.63, 3.8) is 0 Å². The maximum atomic E-state index is 11.2. The Hall–Kier alpha value is -1.96. The zero-order valence-corrected chi connectivity index (χ0v) is 11.4. The summed E-state index contributed by atoms with van der Waals surface area (Å²) < 4.78 is 5.99. The molecule has 8 heteroatoms. The number of carbonyl (C=O) groups is 1.